The van der Waals surface area contributed by atoms with Crippen molar-refractivity contribution in [2.24, 2.45) is 18.9 Å². The number of fused-ring (bicyclic) bond motifs is 1. The largest absolute Gasteiger partial charge is 0.343 e. The fraction of sp³-hybridized carbons (Fsp3) is 0.421. The van der Waals surface area contributed by atoms with Gasteiger partial charge < -0.3 is 10.2 Å². The van der Waals surface area contributed by atoms with E-state index in [1.807, 2.05) is 37.5 Å². The van der Waals surface area contributed by atoms with Crippen molar-refractivity contribution in [1.82, 2.24) is 25.3 Å². The Hall–Kier alpha value is -1.96. The van der Waals surface area contributed by atoms with Crippen LogP contribution in [0.5, 0.6) is 0 Å². The summed E-state index contributed by atoms with van der Waals surface area (Å²) >= 11 is 8.35. The number of nitrogens with zero attached hydrogens (tertiary/aromatic N) is 5. The number of hydrogen-bond donors (Lipinski definition) is 1. The summed E-state index contributed by atoms with van der Waals surface area (Å²) in [5.74, 6) is 1.41. The van der Waals surface area contributed by atoms with Gasteiger partial charge in [-0.1, -0.05) is 41.1 Å². The monoisotopic (exact) mass is 400 g/mol. The molecule has 0 aliphatic carbocycles. The molecule has 3 aromatic rings. The van der Waals surface area contributed by atoms with Crippen LogP contribution in [0, 0.1) is 11.8 Å². The first-order valence-corrected chi connectivity index (χ1v) is 10.4. The molecule has 8 heteroatoms. The molecule has 0 saturated carbocycles. The first-order chi connectivity index (χ1) is 13.1. The molecule has 2 fully saturated rings. The van der Waals surface area contributed by atoms with E-state index in [1.54, 1.807) is 16.0 Å². The number of anilines is 1. The lowest BCUT2D eigenvalue weighted by molar-refractivity contribution is 0.471. The van der Waals surface area contributed by atoms with E-state index in [9.17, 15) is 0 Å². The number of nitrogens with one attached hydrogen (secondary N) is 1. The number of benzene rings is 1. The van der Waals surface area contributed by atoms with E-state index in [0.29, 0.717) is 22.9 Å². The second kappa shape index (κ2) is 6.58. The molecular weight excluding hydrogens is 380 g/mol. The van der Waals surface area contributed by atoms with Crippen LogP contribution in [0.1, 0.15) is 6.92 Å². The van der Waals surface area contributed by atoms with Crippen LogP contribution in [0.4, 0.5) is 5.13 Å². The molecule has 6 nitrogen and oxygen atoms in total. The predicted molar refractivity (Wildman–Crippen MR) is 109 cm³/mol. The van der Waals surface area contributed by atoms with Gasteiger partial charge in [-0.25, -0.2) is 0 Å². The topological polar surface area (TPSA) is 58.9 Å². The summed E-state index contributed by atoms with van der Waals surface area (Å²) in [7, 11) is 1.90. The van der Waals surface area contributed by atoms with Gasteiger partial charge >= 0.3 is 0 Å². The predicted octanol–water partition coefficient (Wildman–Crippen LogP) is 3.30. The van der Waals surface area contributed by atoms with Crippen LogP contribution >= 0.6 is 22.9 Å². The summed E-state index contributed by atoms with van der Waals surface area (Å²) in [6.45, 7) is 5.56. The van der Waals surface area contributed by atoms with Crippen molar-refractivity contribution in [2.45, 2.75) is 13.0 Å². The molecule has 2 saturated heterocycles. The highest BCUT2D eigenvalue weighted by atomic mass is 35.5. The lowest BCUT2D eigenvalue weighted by Crippen LogP contribution is -2.33. The molecule has 3 atom stereocenters. The Kier molecular flexibility index (Phi) is 4.18. The molecule has 0 amide bonds. The zero-order valence-electron chi connectivity index (χ0n) is 15.3. The summed E-state index contributed by atoms with van der Waals surface area (Å²) in [4.78, 5) is 2.41. The molecule has 5 rings (SSSR count). The molecule has 2 aliphatic rings. The van der Waals surface area contributed by atoms with Crippen LogP contribution in [0.25, 0.3) is 21.8 Å². The minimum atomic E-state index is 0.487. The average Bonchev–Trinajstić information content (AvgIpc) is 3.41. The Bertz CT molecular complexity index is 982. The molecule has 1 unspecified atom stereocenters. The zero-order valence-corrected chi connectivity index (χ0v) is 16.8. The third kappa shape index (κ3) is 2.85. The van der Waals surface area contributed by atoms with Gasteiger partial charge in [-0.15, -0.1) is 10.2 Å². The normalized spacial score (nSPS) is 24.6. The molecule has 1 aromatic carbocycles. The third-order valence-corrected chi connectivity index (χ3v) is 7.21. The SMILES string of the molecule is CC1[C@@H]2CNC[C@@H]2CN1c1nnc(-c2cccc(-c3ccn(C)n3)c2Cl)s1. The van der Waals surface area contributed by atoms with E-state index in [4.69, 9.17) is 11.6 Å². The van der Waals surface area contributed by atoms with Crippen LogP contribution in [0.15, 0.2) is 30.5 Å². The molecular formula is C19H21ClN6S. The van der Waals surface area contributed by atoms with Crippen molar-refractivity contribution in [2.75, 3.05) is 24.5 Å². The van der Waals surface area contributed by atoms with Crippen LogP contribution < -0.4 is 10.2 Å². The Labute approximate surface area is 167 Å². The summed E-state index contributed by atoms with van der Waals surface area (Å²) < 4.78 is 1.78. The van der Waals surface area contributed by atoms with Crippen LogP contribution in [0.2, 0.25) is 5.02 Å². The Morgan fingerprint density at radius 2 is 2.04 bits per heavy atom. The smallest absolute Gasteiger partial charge is 0.208 e. The van der Waals surface area contributed by atoms with Crippen molar-refractivity contribution in [3.8, 4) is 21.8 Å². The molecule has 140 valence electrons. The fourth-order valence-electron chi connectivity index (χ4n) is 4.31. The summed E-state index contributed by atoms with van der Waals surface area (Å²) in [5.41, 5.74) is 2.70. The van der Waals surface area contributed by atoms with Gasteiger partial charge in [0.1, 0.15) is 0 Å². The quantitative estimate of drug-likeness (QED) is 0.731. The van der Waals surface area contributed by atoms with E-state index in [-0.39, 0.29) is 0 Å². The van der Waals surface area contributed by atoms with Crippen LogP contribution in [-0.4, -0.2) is 45.7 Å². The van der Waals surface area contributed by atoms with Gasteiger partial charge in [0.25, 0.3) is 0 Å². The van der Waals surface area contributed by atoms with Gasteiger partial charge in [0.05, 0.1) is 10.7 Å². The maximum Gasteiger partial charge on any atom is 0.208 e. The van der Waals surface area contributed by atoms with Gasteiger partial charge in [0.2, 0.25) is 5.13 Å². The Morgan fingerprint density at radius 1 is 1.19 bits per heavy atom. The molecule has 0 bridgehead atoms. The Balaban J connectivity index is 1.47. The Morgan fingerprint density at radius 3 is 2.81 bits per heavy atom. The average molecular weight is 401 g/mol. The second-order valence-corrected chi connectivity index (χ2v) is 8.74. The maximum absolute atomic E-state index is 6.73. The van der Waals surface area contributed by atoms with Gasteiger partial charge in [-0.05, 0) is 24.8 Å². The van der Waals surface area contributed by atoms with Gasteiger partial charge in [0, 0.05) is 50.0 Å². The number of hydrogen-bond acceptors (Lipinski definition) is 6. The lowest BCUT2D eigenvalue weighted by atomic mass is 9.95. The van der Waals surface area contributed by atoms with Gasteiger partial charge in [-0.2, -0.15) is 5.10 Å². The van der Waals surface area contributed by atoms with Crippen LogP contribution in [-0.2, 0) is 7.05 Å². The van der Waals surface area contributed by atoms with Crippen molar-refractivity contribution in [3.05, 3.63) is 35.5 Å². The number of aryl methyl sites for hydroxylation is 1. The summed E-state index contributed by atoms with van der Waals surface area (Å²) in [6.07, 6.45) is 1.92. The van der Waals surface area contributed by atoms with E-state index in [1.165, 1.54) is 0 Å². The fourth-order valence-corrected chi connectivity index (χ4v) is 5.66. The van der Waals surface area contributed by atoms with E-state index in [2.05, 4.69) is 32.4 Å². The minimum Gasteiger partial charge on any atom is -0.343 e. The van der Waals surface area contributed by atoms with Crippen molar-refractivity contribution >= 4 is 28.1 Å². The third-order valence-electron chi connectivity index (χ3n) is 5.81. The molecule has 4 heterocycles. The maximum atomic E-state index is 6.73. The lowest BCUT2D eigenvalue weighted by Gasteiger charge is -2.22. The van der Waals surface area contributed by atoms with Crippen LogP contribution in [0.3, 0.4) is 0 Å². The number of halogens is 1. The summed E-state index contributed by atoms with van der Waals surface area (Å²) in [6, 6.07) is 8.45. The van der Waals surface area contributed by atoms with Crippen molar-refractivity contribution in [3.63, 3.8) is 0 Å². The van der Waals surface area contributed by atoms with Crippen molar-refractivity contribution < 1.29 is 0 Å². The van der Waals surface area contributed by atoms with E-state index in [0.717, 1.165) is 46.6 Å². The van der Waals surface area contributed by atoms with Gasteiger partial charge in [0.15, 0.2) is 5.01 Å². The molecule has 27 heavy (non-hydrogen) atoms. The van der Waals surface area contributed by atoms with Crippen molar-refractivity contribution in [1.29, 1.82) is 0 Å². The molecule has 0 radical (unpaired) electrons. The molecule has 1 N–H and O–H groups in total. The van der Waals surface area contributed by atoms with Gasteiger partial charge in [-0.3, -0.25) is 4.68 Å². The standard InChI is InChI=1S/C19H21ClN6S/c1-11-15-9-21-8-12(15)10-26(11)19-23-22-18(27-19)14-5-3-4-13(17(14)20)16-6-7-25(2)24-16/h3-7,11-12,15,21H,8-10H2,1-2H3/t11?,12-,15+/m1/s1. The zero-order chi connectivity index (χ0) is 18.5. The number of aromatic nitrogens is 4. The molecule has 0 spiro atoms. The van der Waals surface area contributed by atoms with E-state index >= 15 is 0 Å². The highest BCUT2D eigenvalue weighted by molar-refractivity contribution is 7.18. The van der Waals surface area contributed by atoms with E-state index < -0.39 is 0 Å². The molecule has 2 aromatic heterocycles. The summed E-state index contributed by atoms with van der Waals surface area (Å²) in [5, 5.41) is 19.5. The first-order valence-electron chi connectivity index (χ1n) is 9.21. The highest BCUT2D eigenvalue weighted by Gasteiger charge is 2.42. The molecule has 2 aliphatic heterocycles. The number of rotatable bonds is 3. The first kappa shape index (κ1) is 17.2. The highest BCUT2D eigenvalue weighted by Crippen LogP contribution is 2.41. The minimum absolute atomic E-state index is 0.487. The second-order valence-electron chi connectivity index (χ2n) is 7.41.